The third kappa shape index (κ3) is 3.49. The molecule has 0 fully saturated rings. The number of aliphatic hydroxyl groups excluding tert-OH is 1. The summed E-state index contributed by atoms with van der Waals surface area (Å²) < 4.78 is 0. The van der Waals surface area contributed by atoms with Crippen LogP contribution in [0.25, 0.3) is 10.9 Å². The molecule has 6 heteroatoms. The van der Waals surface area contributed by atoms with Crippen LogP contribution < -0.4 is 11.1 Å². The van der Waals surface area contributed by atoms with Crippen molar-refractivity contribution < 1.29 is 5.11 Å². The summed E-state index contributed by atoms with van der Waals surface area (Å²) in [6.07, 6.45) is 2.00. The summed E-state index contributed by atoms with van der Waals surface area (Å²) in [4.78, 5) is 8.40. The smallest absolute Gasteiger partial charge is 0.222 e. The predicted octanol–water partition coefficient (Wildman–Crippen LogP) is 2.69. The number of nitrogen functional groups attached to an aromatic ring is 1. The van der Waals surface area contributed by atoms with Crippen LogP contribution in [0.3, 0.4) is 0 Å². The maximum Gasteiger partial charge on any atom is 0.222 e. The first-order valence-electron chi connectivity index (χ1n) is 6.71. The number of aliphatic hydroxyl groups is 1. The molecule has 4 N–H and O–H groups in total. The molecule has 2 rings (SSSR count). The number of nitrogens with two attached hydrogens (primary N) is 1. The summed E-state index contributed by atoms with van der Waals surface area (Å²) in [6.45, 7) is 2.91. The summed E-state index contributed by atoms with van der Waals surface area (Å²) in [7, 11) is 0. The molecule has 20 heavy (non-hydrogen) atoms. The van der Waals surface area contributed by atoms with E-state index in [2.05, 4.69) is 22.2 Å². The van der Waals surface area contributed by atoms with Crippen molar-refractivity contribution in [2.24, 2.45) is 5.92 Å². The number of anilines is 2. The fourth-order valence-electron chi connectivity index (χ4n) is 2.16. The van der Waals surface area contributed by atoms with Gasteiger partial charge in [-0.2, -0.15) is 4.98 Å². The van der Waals surface area contributed by atoms with Gasteiger partial charge in [0.15, 0.2) is 0 Å². The minimum atomic E-state index is 0.158. The second kappa shape index (κ2) is 6.72. The van der Waals surface area contributed by atoms with E-state index in [4.69, 9.17) is 17.3 Å². The number of halogens is 1. The second-order valence-electron chi connectivity index (χ2n) is 4.81. The second-order valence-corrected chi connectivity index (χ2v) is 5.25. The van der Waals surface area contributed by atoms with Gasteiger partial charge in [-0.05, 0) is 30.5 Å². The van der Waals surface area contributed by atoms with Crippen molar-refractivity contribution in [2.75, 3.05) is 24.2 Å². The third-order valence-corrected chi connectivity index (χ3v) is 3.42. The minimum Gasteiger partial charge on any atom is -0.396 e. The lowest BCUT2D eigenvalue weighted by Crippen LogP contribution is -2.18. The Balaban J connectivity index is 2.25. The van der Waals surface area contributed by atoms with Crippen LogP contribution in [0.1, 0.15) is 19.8 Å². The van der Waals surface area contributed by atoms with E-state index in [0.29, 0.717) is 22.9 Å². The van der Waals surface area contributed by atoms with Crippen molar-refractivity contribution in [1.82, 2.24) is 9.97 Å². The Bertz CT molecular complexity index is 585. The molecule has 1 atom stereocenters. The maximum atomic E-state index is 9.32. The molecule has 0 aliphatic heterocycles. The van der Waals surface area contributed by atoms with Crippen LogP contribution in [-0.4, -0.2) is 28.2 Å². The zero-order valence-corrected chi connectivity index (χ0v) is 12.2. The van der Waals surface area contributed by atoms with Crippen molar-refractivity contribution in [3.8, 4) is 0 Å². The van der Waals surface area contributed by atoms with Crippen LogP contribution in [0.5, 0.6) is 0 Å². The first-order valence-corrected chi connectivity index (χ1v) is 7.09. The molecule has 1 aromatic heterocycles. The molecule has 0 aliphatic rings. The van der Waals surface area contributed by atoms with Gasteiger partial charge in [0.1, 0.15) is 5.82 Å². The van der Waals surface area contributed by atoms with E-state index < -0.39 is 0 Å². The molecule has 0 radical (unpaired) electrons. The molecule has 2 aromatic rings. The van der Waals surface area contributed by atoms with E-state index in [1.807, 2.05) is 6.07 Å². The van der Waals surface area contributed by atoms with Gasteiger partial charge in [0.2, 0.25) is 5.95 Å². The normalized spacial score (nSPS) is 12.6. The lowest BCUT2D eigenvalue weighted by molar-refractivity contribution is 0.225. The molecule has 0 aliphatic carbocycles. The number of benzene rings is 1. The predicted molar refractivity (Wildman–Crippen MR) is 82.9 cm³/mol. The number of rotatable bonds is 6. The summed E-state index contributed by atoms with van der Waals surface area (Å²) >= 11 is 5.96. The van der Waals surface area contributed by atoms with Crippen molar-refractivity contribution in [2.45, 2.75) is 19.8 Å². The van der Waals surface area contributed by atoms with Gasteiger partial charge in [0.05, 0.1) is 5.52 Å². The highest BCUT2D eigenvalue weighted by molar-refractivity contribution is 6.31. The van der Waals surface area contributed by atoms with Crippen molar-refractivity contribution in [3.63, 3.8) is 0 Å². The SMILES string of the molecule is CCCC(CO)CNc1nc(N)nc2cc(Cl)ccc12. The third-order valence-electron chi connectivity index (χ3n) is 3.19. The summed E-state index contributed by atoms with van der Waals surface area (Å²) in [5, 5.41) is 14.1. The van der Waals surface area contributed by atoms with Gasteiger partial charge in [-0.15, -0.1) is 0 Å². The highest BCUT2D eigenvalue weighted by Crippen LogP contribution is 2.24. The number of fused-ring (bicyclic) bond motifs is 1. The standard InChI is InChI=1S/C14H19ClN4O/c1-2-3-9(8-20)7-17-13-11-5-4-10(15)6-12(11)18-14(16)19-13/h4-6,9,20H,2-3,7-8H2,1H3,(H3,16,17,18,19). The highest BCUT2D eigenvalue weighted by atomic mass is 35.5. The van der Waals surface area contributed by atoms with Gasteiger partial charge in [-0.25, -0.2) is 4.98 Å². The van der Waals surface area contributed by atoms with Gasteiger partial charge in [0.25, 0.3) is 0 Å². The lowest BCUT2D eigenvalue weighted by Gasteiger charge is -2.15. The molecule has 0 saturated carbocycles. The number of aromatic nitrogens is 2. The van der Waals surface area contributed by atoms with E-state index >= 15 is 0 Å². The number of nitrogens with zero attached hydrogens (tertiary/aromatic N) is 2. The lowest BCUT2D eigenvalue weighted by atomic mass is 10.1. The van der Waals surface area contributed by atoms with Crippen LogP contribution in [0.15, 0.2) is 18.2 Å². The Hall–Kier alpha value is -1.59. The van der Waals surface area contributed by atoms with Crippen LogP contribution in [0.2, 0.25) is 5.02 Å². The average molecular weight is 295 g/mol. The fraction of sp³-hybridized carbons (Fsp3) is 0.429. The Morgan fingerprint density at radius 2 is 2.20 bits per heavy atom. The number of hydrogen-bond acceptors (Lipinski definition) is 5. The van der Waals surface area contributed by atoms with Gasteiger partial charge in [-0.1, -0.05) is 24.9 Å². The molecule has 5 nitrogen and oxygen atoms in total. The molecular weight excluding hydrogens is 276 g/mol. The van der Waals surface area contributed by atoms with Gasteiger partial charge in [-0.3, -0.25) is 0 Å². The Morgan fingerprint density at radius 3 is 2.90 bits per heavy atom. The molecule has 0 saturated heterocycles. The minimum absolute atomic E-state index is 0.158. The molecule has 108 valence electrons. The van der Waals surface area contributed by atoms with E-state index in [1.165, 1.54) is 0 Å². The largest absolute Gasteiger partial charge is 0.396 e. The maximum absolute atomic E-state index is 9.32. The van der Waals surface area contributed by atoms with E-state index in [0.717, 1.165) is 18.2 Å². The molecular formula is C14H19ClN4O. The molecule has 1 aromatic carbocycles. The number of hydrogen-bond donors (Lipinski definition) is 3. The van der Waals surface area contributed by atoms with Crippen LogP contribution in [-0.2, 0) is 0 Å². The van der Waals surface area contributed by atoms with Crippen molar-refractivity contribution in [1.29, 1.82) is 0 Å². The van der Waals surface area contributed by atoms with E-state index in [-0.39, 0.29) is 18.5 Å². The summed E-state index contributed by atoms with van der Waals surface area (Å²) in [5.74, 6) is 1.09. The zero-order valence-electron chi connectivity index (χ0n) is 11.4. The Labute approximate surface area is 123 Å². The first kappa shape index (κ1) is 14.8. The number of nitrogens with one attached hydrogen (secondary N) is 1. The fourth-order valence-corrected chi connectivity index (χ4v) is 2.33. The van der Waals surface area contributed by atoms with Crippen LogP contribution in [0, 0.1) is 5.92 Å². The summed E-state index contributed by atoms with van der Waals surface area (Å²) in [5.41, 5.74) is 6.43. The Kier molecular flexibility index (Phi) is 4.98. The van der Waals surface area contributed by atoms with E-state index in [9.17, 15) is 5.11 Å². The molecule has 0 bridgehead atoms. The quantitative estimate of drug-likeness (QED) is 0.763. The molecule has 0 amide bonds. The van der Waals surface area contributed by atoms with Gasteiger partial charge >= 0.3 is 0 Å². The van der Waals surface area contributed by atoms with Crippen molar-refractivity contribution in [3.05, 3.63) is 23.2 Å². The average Bonchev–Trinajstić information content (AvgIpc) is 2.42. The monoisotopic (exact) mass is 294 g/mol. The molecule has 0 spiro atoms. The molecule has 1 unspecified atom stereocenters. The van der Waals surface area contributed by atoms with Gasteiger partial charge in [0, 0.05) is 23.6 Å². The van der Waals surface area contributed by atoms with E-state index in [1.54, 1.807) is 12.1 Å². The first-order chi connectivity index (χ1) is 9.63. The van der Waals surface area contributed by atoms with Crippen molar-refractivity contribution >= 4 is 34.3 Å². The highest BCUT2D eigenvalue weighted by Gasteiger charge is 2.10. The Morgan fingerprint density at radius 1 is 1.40 bits per heavy atom. The zero-order chi connectivity index (χ0) is 14.5. The molecule has 1 heterocycles. The summed E-state index contributed by atoms with van der Waals surface area (Å²) in [6, 6.07) is 5.42. The van der Waals surface area contributed by atoms with Crippen LogP contribution >= 0.6 is 11.6 Å². The van der Waals surface area contributed by atoms with Gasteiger partial charge < -0.3 is 16.2 Å². The van der Waals surface area contributed by atoms with Crippen LogP contribution in [0.4, 0.5) is 11.8 Å². The topological polar surface area (TPSA) is 84.1 Å².